The zero-order valence-corrected chi connectivity index (χ0v) is 19.1. The molecule has 0 aliphatic carbocycles. The Kier molecular flexibility index (Phi) is 6.60. The molecule has 1 aliphatic heterocycles. The highest BCUT2D eigenvalue weighted by atomic mass is 32.2. The topological polar surface area (TPSA) is 98.6 Å². The van der Waals surface area contributed by atoms with Crippen LogP contribution in [0.25, 0.3) is 16.9 Å². The van der Waals surface area contributed by atoms with E-state index in [0.717, 1.165) is 5.56 Å². The van der Waals surface area contributed by atoms with E-state index < -0.39 is 28.3 Å². The second-order valence-electron chi connectivity index (χ2n) is 7.84. The molecule has 33 heavy (non-hydrogen) atoms. The number of sulfone groups is 1. The van der Waals surface area contributed by atoms with E-state index in [1.165, 1.54) is 9.58 Å². The molecule has 3 aromatic rings. The van der Waals surface area contributed by atoms with Gasteiger partial charge in [-0.3, -0.25) is 4.79 Å². The molecular formula is C24H25N3O5S. The first kappa shape index (κ1) is 22.7. The van der Waals surface area contributed by atoms with Gasteiger partial charge in [-0.15, -0.1) is 0 Å². The van der Waals surface area contributed by atoms with E-state index in [4.69, 9.17) is 4.74 Å². The van der Waals surface area contributed by atoms with Crippen molar-refractivity contribution in [3.63, 3.8) is 0 Å². The molecule has 0 radical (unpaired) electrons. The fraction of sp³-hybridized carbons (Fsp3) is 0.292. The van der Waals surface area contributed by atoms with Crippen molar-refractivity contribution in [3.05, 3.63) is 72.4 Å². The summed E-state index contributed by atoms with van der Waals surface area (Å²) in [5.74, 6) is -1.08. The number of nitrogens with zero attached hydrogens (tertiary/aromatic N) is 3. The van der Waals surface area contributed by atoms with Crippen LogP contribution in [0.2, 0.25) is 0 Å². The highest BCUT2D eigenvalue weighted by Crippen LogP contribution is 2.22. The number of aromatic nitrogens is 2. The number of carbonyl (C=O) groups excluding carboxylic acids is 2. The van der Waals surface area contributed by atoms with Crippen molar-refractivity contribution in [2.45, 2.75) is 19.4 Å². The standard InChI is InChI=1S/C24H25N3O5S/c1-2-26(20-13-14-33(30,31)17-20)23(28)16-32-24(29)22-15-21(18-9-5-3-6-10-18)25-27(22)19-11-7-4-8-12-19/h3-12,15,20H,2,13-14,16-17H2,1H3/t20-/m0/s1. The highest BCUT2D eigenvalue weighted by molar-refractivity contribution is 7.91. The third-order valence-corrected chi connectivity index (χ3v) is 7.38. The molecule has 1 aliphatic rings. The summed E-state index contributed by atoms with van der Waals surface area (Å²) >= 11 is 0. The number of esters is 1. The Morgan fingerprint density at radius 3 is 2.36 bits per heavy atom. The maximum absolute atomic E-state index is 13.0. The smallest absolute Gasteiger partial charge is 0.357 e. The first-order chi connectivity index (χ1) is 15.9. The molecule has 0 N–H and O–H groups in total. The average Bonchev–Trinajstić information content (AvgIpc) is 3.43. The van der Waals surface area contributed by atoms with Crippen molar-refractivity contribution in [2.75, 3.05) is 24.7 Å². The summed E-state index contributed by atoms with van der Waals surface area (Å²) in [7, 11) is -3.13. The van der Waals surface area contributed by atoms with E-state index in [0.29, 0.717) is 24.3 Å². The van der Waals surface area contributed by atoms with Gasteiger partial charge in [-0.25, -0.2) is 17.9 Å². The van der Waals surface area contributed by atoms with Gasteiger partial charge in [0.05, 0.1) is 22.9 Å². The van der Waals surface area contributed by atoms with E-state index >= 15 is 0 Å². The first-order valence-electron chi connectivity index (χ1n) is 10.8. The molecule has 1 atom stereocenters. The number of rotatable bonds is 7. The molecule has 172 valence electrons. The summed E-state index contributed by atoms with van der Waals surface area (Å²) in [6.45, 7) is 1.65. The molecule has 2 heterocycles. The fourth-order valence-corrected chi connectivity index (χ4v) is 5.72. The number of amides is 1. The van der Waals surface area contributed by atoms with Gasteiger partial charge in [-0.05, 0) is 31.5 Å². The van der Waals surface area contributed by atoms with Crippen LogP contribution >= 0.6 is 0 Å². The summed E-state index contributed by atoms with van der Waals surface area (Å²) in [5, 5.41) is 4.58. The van der Waals surface area contributed by atoms with Gasteiger partial charge in [0, 0.05) is 18.2 Å². The Morgan fingerprint density at radius 2 is 1.76 bits per heavy atom. The van der Waals surface area contributed by atoms with Crippen molar-refractivity contribution < 1.29 is 22.7 Å². The zero-order chi connectivity index (χ0) is 23.4. The number of ether oxygens (including phenoxy) is 1. The first-order valence-corrected chi connectivity index (χ1v) is 12.6. The van der Waals surface area contributed by atoms with Crippen LogP contribution in [-0.4, -0.2) is 65.7 Å². The van der Waals surface area contributed by atoms with Crippen molar-refractivity contribution in [2.24, 2.45) is 0 Å². The maximum atomic E-state index is 13.0. The van der Waals surface area contributed by atoms with Gasteiger partial charge < -0.3 is 9.64 Å². The van der Waals surface area contributed by atoms with Gasteiger partial charge in [0.15, 0.2) is 22.1 Å². The number of carbonyl (C=O) groups is 2. The predicted molar refractivity (Wildman–Crippen MR) is 124 cm³/mol. The molecule has 1 saturated heterocycles. The van der Waals surface area contributed by atoms with Crippen molar-refractivity contribution >= 4 is 21.7 Å². The zero-order valence-electron chi connectivity index (χ0n) is 18.3. The van der Waals surface area contributed by atoms with Crippen molar-refractivity contribution in [1.29, 1.82) is 0 Å². The summed E-state index contributed by atoms with van der Waals surface area (Å²) in [4.78, 5) is 27.2. The number of para-hydroxylation sites is 1. The van der Waals surface area contributed by atoms with Crippen LogP contribution in [0, 0.1) is 0 Å². The minimum atomic E-state index is -3.13. The second-order valence-corrected chi connectivity index (χ2v) is 10.1. The summed E-state index contributed by atoms with van der Waals surface area (Å²) in [6, 6.07) is 19.9. The molecule has 9 heteroatoms. The third kappa shape index (κ3) is 5.14. The Hall–Kier alpha value is -3.46. The minimum Gasteiger partial charge on any atom is -0.451 e. The molecule has 1 amide bonds. The predicted octanol–water partition coefficient (Wildman–Crippen LogP) is 2.73. The third-order valence-electron chi connectivity index (χ3n) is 5.63. The van der Waals surface area contributed by atoms with Gasteiger partial charge in [-0.1, -0.05) is 48.5 Å². The van der Waals surface area contributed by atoms with Crippen LogP contribution in [-0.2, 0) is 19.4 Å². The van der Waals surface area contributed by atoms with Crippen LogP contribution in [0.15, 0.2) is 66.7 Å². The molecule has 4 rings (SSSR count). The Bertz CT molecular complexity index is 1240. The van der Waals surface area contributed by atoms with Gasteiger partial charge >= 0.3 is 5.97 Å². The molecule has 0 spiro atoms. The lowest BCUT2D eigenvalue weighted by Crippen LogP contribution is -2.43. The van der Waals surface area contributed by atoms with Crippen molar-refractivity contribution in [3.8, 4) is 16.9 Å². The second kappa shape index (κ2) is 9.58. The molecule has 0 saturated carbocycles. The lowest BCUT2D eigenvalue weighted by Gasteiger charge is -2.26. The number of benzene rings is 2. The molecule has 0 bridgehead atoms. The van der Waals surface area contributed by atoms with Crippen LogP contribution in [0.5, 0.6) is 0 Å². The molecule has 1 fully saturated rings. The van der Waals surface area contributed by atoms with Crippen LogP contribution in [0.4, 0.5) is 0 Å². The molecule has 8 nitrogen and oxygen atoms in total. The minimum absolute atomic E-state index is 0.0538. The van der Waals surface area contributed by atoms with Gasteiger partial charge in [0.1, 0.15) is 0 Å². The van der Waals surface area contributed by atoms with Gasteiger partial charge in [-0.2, -0.15) is 5.10 Å². The van der Waals surface area contributed by atoms with Crippen LogP contribution in [0.1, 0.15) is 23.8 Å². The Balaban J connectivity index is 1.54. The summed E-state index contributed by atoms with van der Waals surface area (Å²) in [6.07, 6.45) is 0.400. The lowest BCUT2D eigenvalue weighted by molar-refractivity contribution is -0.136. The van der Waals surface area contributed by atoms with Crippen LogP contribution < -0.4 is 0 Å². The Labute approximate surface area is 192 Å². The lowest BCUT2D eigenvalue weighted by atomic mass is 10.1. The SMILES string of the molecule is CCN(C(=O)COC(=O)c1cc(-c2ccccc2)nn1-c1ccccc1)[C@H]1CCS(=O)(=O)C1. The number of likely N-dealkylation sites (N-methyl/N-ethyl adjacent to an activating group) is 1. The van der Waals surface area contributed by atoms with E-state index in [1.54, 1.807) is 13.0 Å². The average molecular weight is 468 g/mol. The quantitative estimate of drug-likeness (QED) is 0.496. The fourth-order valence-electron chi connectivity index (χ4n) is 3.99. The molecule has 1 aromatic heterocycles. The summed E-state index contributed by atoms with van der Waals surface area (Å²) in [5.41, 5.74) is 2.32. The largest absolute Gasteiger partial charge is 0.451 e. The Morgan fingerprint density at radius 1 is 1.09 bits per heavy atom. The summed E-state index contributed by atoms with van der Waals surface area (Å²) < 4.78 is 30.4. The number of hydrogen-bond donors (Lipinski definition) is 0. The van der Waals surface area contributed by atoms with E-state index in [1.807, 2.05) is 60.7 Å². The molecular weight excluding hydrogens is 442 g/mol. The van der Waals surface area contributed by atoms with E-state index in [2.05, 4.69) is 5.10 Å². The van der Waals surface area contributed by atoms with Gasteiger partial charge in [0.2, 0.25) is 0 Å². The normalized spacial score (nSPS) is 16.9. The highest BCUT2D eigenvalue weighted by Gasteiger charge is 2.34. The van der Waals surface area contributed by atoms with E-state index in [9.17, 15) is 18.0 Å². The monoisotopic (exact) mass is 467 g/mol. The van der Waals surface area contributed by atoms with E-state index in [-0.39, 0.29) is 23.2 Å². The number of hydrogen-bond acceptors (Lipinski definition) is 6. The van der Waals surface area contributed by atoms with Crippen molar-refractivity contribution in [1.82, 2.24) is 14.7 Å². The molecule has 0 unspecified atom stereocenters. The van der Waals surface area contributed by atoms with Gasteiger partial charge in [0.25, 0.3) is 5.91 Å². The maximum Gasteiger partial charge on any atom is 0.357 e. The molecule has 2 aromatic carbocycles. The van der Waals surface area contributed by atoms with Crippen LogP contribution in [0.3, 0.4) is 0 Å².